The van der Waals surface area contributed by atoms with Gasteiger partial charge in [-0.25, -0.2) is 0 Å². The average molecular weight is 179 g/mol. The first-order valence-electron chi connectivity index (χ1n) is 4.37. The van der Waals surface area contributed by atoms with Crippen LogP contribution in [0.15, 0.2) is 30.3 Å². The van der Waals surface area contributed by atoms with Crippen LogP contribution >= 0.6 is 0 Å². The van der Waals surface area contributed by atoms with Gasteiger partial charge in [-0.1, -0.05) is 30.3 Å². The van der Waals surface area contributed by atoms with Gasteiger partial charge in [0.25, 0.3) is 0 Å². The van der Waals surface area contributed by atoms with E-state index >= 15 is 0 Å². The predicted molar refractivity (Wildman–Crippen MR) is 51.2 cm³/mol. The lowest BCUT2D eigenvalue weighted by Gasteiger charge is -2.02. The first kappa shape index (κ1) is 9.71. The molecular formula is C10H13NO2. The zero-order valence-corrected chi connectivity index (χ0v) is 7.64. The molecule has 1 rings (SSSR count). The van der Waals surface area contributed by atoms with Gasteiger partial charge in [0.05, 0.1) is 0 Å². The molecule has 3 heteroatoms. The van der Waals surface area contributed by atoms with Crippen LogP contribution in [-0.4, -0.2) is 11.0 Å². The van der Waals surface area contributed by atoms with E-state index < -0.39 is 6.04 Å². The zero-order chi connectivity index (χ0) is 9.68. The SMILES string of the molecule is CC(CCc1ccccc1)[N+](=O)[O-]. The van der Waals surface area contributed by atoms with Crippen molar-refractivity contribution in [3.63, 3.8) is 0 Å². The van der Waals surface area contributed by atoms with Crippen molar-refractivity contribution in [1.29, 1.82) is 0 Å². The molecule has 0 amide bonds. The normalized spacial score (nSPS) is 12.4. The van der Waals surface area contributed by atoms with Crippen molar-refractivity contribution in [3.8, 4) is 0 Å². The number of rotatable bonds is 4. The fourth-order valence-electron chi connectivity index (χ4n) is 1.13. The molecule has 1 unspecified atom stereocenters. The lowest BCUT2D eigenvalue weighted by atomic mass is 10.1. The summed E-state index contributed by atoms with van der Waals surface area (Å²) in [6.45, 7) is 1.64. The number of hydrogen-bond acceptors (Lipinski definition) is 2. The van der Waals surface area contributed by atoms with E-state index in [0.29, 0.717) is 6.42 Å². The lowest BCUT2D eigenvalue weighted by Crippen LogP contribution is -2.15. The summed E-state index contributed by atoms with van der Waals surface area (Å²) in [6, 6.07) is 9.39. The van der Waals surface area contributed by atoms with Gasteiger partial charge in [0, 0.05) is 18.3 Å². The van der Waals surface area contributed by atoms with Crippen LogP contribution in [0.3, 0.4) is 0 Å². The second-order valence-electron chi connectivity index (χ2n) is 3.16. The minimum Gasteiger partial charge on any atom is -0.264 e. The summed E-state index contributed by atoms with van der Waals surface area (Å²) in [7, 11) is 0. The van der Waals surface area contributed by atoms with Crippen molar-refractivity contribution < 1.29 is 4.92 Å². The summed E-state index contributed by atoms with van der Waals surface area (Å²) in [4.78, 5) is 10.1. The molecule has 1 aromatic rings. The Kier molecular flexibility index (Phi) is 3.43. The second-order valence-corrected chi connectivity index (χ2v) is 3.16. The van der Waals surface area contributed by atoms with E-state index in [2.05, 4.69) is 0 Å². The van der Waals surface area contributed by atoms with Gasteiger partial charge in [-0.15, -0.1) is 0 Å². The topological polar surface area (TPSA) is 43.1 Å². The number of hydrogen-bond donors (Lipinski definition) is 0. The van der Waals surface area contributed by atoms with Gasteiger partial charge in [0.1, 0.15) is 0 Å². The van der Waals surface area contributed by atoms with Crippen molar-refractivity contribution in [2.75, 3.05) is 0 Å². The highest BCUT2D eigenvalue weighted by molar-refractivity contribution is 5.14. The third-order valence-electron chi connectivity index (χ3n) is 2.05. The smallest absolute Gasteiger partial charge is 0.210 e. The molecule has 0 heterocycles. The maximum absolute atomic E-state index is 10.3. The summed E-state index contributed by atoms with van der Waals surface area (Å²) in [5, 5.41) is 10.3. The van der Waals surface area contributed by atoms with E-state index in [1.807, 2.05) is 30.3 Å². The molecule has 13 heavy (non-hydrogen) atoms. The molecule has 1 aromatic carbocycles. The molecule has 1 atom stereocenters. The van der Waals surface area contributed by atoms with E-state index in [1.165, 1.54) is 0 Å². The molecular weight excluding hydrogens is 166 g/mol. The quantitative estimate of drug-likeness (QED) is 0.525. The largest absolute Gasteiger partial charge is 0.264 e. The van der Waals surface area contributed by atoms with E-state index in [-0.39, 0.29) is 4.92 Å². The van der Waals surface area contributed by atoms with E-state index in [1.54, 1.807) is 6.92 Å². The lowest BCUT2D eigenvalue weighted by molar-refractivity contribution is -0.518. The number of nitro groups is 1. The Morgan fingerprint density at radius 2 is 2.00 bits per heavy atom. The Hall–Kier alpha value is -1.38. The van der Waals surface area contributed by atoms with E-state index in [0.717, 1.165) is 12.0 Å². The maximum atomic E-state index is 10.3. The third-order valence-corrected chi connectivity index (χ3v) is 2.05. The van der Waals surface area contributed by atoms with Crippen molar-refractivity contribution in [2.24, 2.45) is 0 Å². The summed E-state index contributed by atoms with van der Waals surface area (Å²) in [5.41, 5.74) is 1.16. The molecule has 0 spiro atoms. The van der Waals surface area contributed by atoms with Crippen LogP contribution in [0.1, 0.15) is 18.9 Å². The Morgan fingerprint density at radius 1 is 1.38 bits per heavy atom. The van der Waals surface area contributed by atoms with Crippen molar-refractivity contribution in [1.82, 2.24) is 0 Å². The minimum atomic E-state index is -0.444. The van der Waals surface area contributed by atoms with Crippen LogP contribution < -0.4 is 0 Å². The molecule has 0 N–H and O–H groups in total. The van der Waals surface area contributed by atoms with Crippen molar-refractivity contribution in [2.45, 2.75) is 25.8 Å². The summed E-state index contributed by atoms with van der Waals surface area (Å²) >= 11 is 0. The molecule has 0 fully saturated rings. The Bertz CT molecular complexity index is 272. The molecule has 0 saturated carbocycles. The minimum absolute atomic E-state index is 0.233. The van der Waals surface area contributed by atoms with Crippen LogP contribution in [0.2, 0.25) is 0 Å². The summed E-state index contributed by atoms with van der Waals surface area (Å²) in [6.07, 6.45) is 1.39. The highest BCUT2D eigenvalue weighted by Gasteiger charge is 2.11. The van der Waals surface area contributed by atoms with Crippen LogP contribution in [0.5, 0.6) is 0 Å². The first-order chi connectivity index (χ1) is 6.20. The predicted octanol–water partition coefficient (Wildman–Crippen LogP) is 2.28. The summed E-state index contributed by atoms with van der Waals surface area (Å²) in [5.74, 6) is 0. The highest BCUT2D eigenvalue weighted by Crippen LogP contribution is 2.05. The maximum Gasteiger partial charge on any atom is 0.210 e. The first-order valence-corrected chi connectivity index (χ1v) is 4.37. The molecule has 0 aliphatic rings. The Labute approximate surface area is 77.5 Å². The fraction of sp³-hybridized carbons (Fsp3) is 0.400. The molecule has 0 saturated heterocycles. The van der Waals surface area contributed by atoms with Gasteiger partial charge >= 0.3 is 0 Å². The molecule has 0 aliphatic heterocycles. The van der Waals surface area contributed by atoms with Gasteiger partial charge in [0.15, 0.2) is 0 Å². The molecule has 0 bridgehead atoms. The highest BCUT2D eigenvalue weighted by atomic mass is 16.6. The Morgan fingerprint density at radius 3 is 2.54 bits per heavy atom. The number of nitrogens with zero attached hydrogens (tertiary/aromatic N) is 1. The van der Waals surface area contributed by atoms with Crippen LogP contribution in [0.4, 0.5) is 0 Å². The summed E-state index contributed by atoms with van der Waals surface area (Å²) < 4.78 is 0. The van der Waals surface area contributed by atoms with Gasteiger partial charge in [-0.3, -0.25) is 10.1 Å². The number of benzene rings is 1. The monoisotopic (exact) mass is 179 g/mol. The number of aryl methyl sites for hydroxylation is 1. The van der Waals surface area contributed by atoms with Gasteiger partial charge in [0.2, 0.25) is 6.04 Å². The molecule has 0 aromatic heterocycles. The molecule has 3 nitrogen and oxygen atoms in total. The average Bonchev–Trinajstić information content (AvgIpc) is 2.15. The van der Waals surface area contributed by atoms with Crippen LogP contribution in [0.25, 0.3) is 0 Å². The van der Waals surface area contributed by atoms with Crippen molar-refractivity contribution >= 4 is 0 Å². The molecule has 0 radical (unpaired) electrons. The Balaban J connectivity index is 2.39. The fourth-order valence-corrected chi connectivity index (χ4v) is 1.13. The van der Waals surface area contributed by atoms with Crippen molar-refractivity contribution in [3.05, 3.63) is 46.0 Å². The third kappa shape index (κ3) is 3.23. The van der Waals surface area contributed by atoms with E-state index in [9.17, 15) is 10.1 Å². The van der Waals surface area contributed by atoms with Gasteiger partial charge < -0.3 is 0 Å². The van der Waals surface area contributed by atoms with Gasteiger partial charge in [-0.05, 0) is 12.0 Å². The van der Waals surface area contributed by atoms with Crippen LogP contribution in [0, 0.1) is 10.1 Å². The molecule has 70 valence electrons. The van der Waals surface area contributed by atoms with E-state index in [4.69, 9.17) is 0 Å². The zero-order valence-electron chi connectivity index (χ0n) is 7.64. The van der Waals surface area contributed by atoms with Gasteiger partial charge in [-0.2, -0.15) is 0 Å². The molecule has 0 aliphatic carbocycles. The second kappa shape index (κ2) is 4.60. The standard InChI is InChI=1S/C10H13NO2/c1-9(11(12)13)7-8-10-5-3-2-4-6-10/h2-6,9H,7-8H2,1H3. The van der Waals surface area contributed by atoms with Crippen LogP contribution in [-0.2, 0) is 6.42 Å².